The summed E-state index contributed by atoms with van der Waals surface area (Å²) in [6, 6.07) is 16.8. The SMILES string of the molecule is O=[C]OCc1ccccc1/N=N/c1ccccc1. The summed E-state index contributed by atoms with van der Waals surface area (Å²) >= 11 is 0. The monoisotopic (exact) mass is 239 g/mol. The molecule has 0 bridgehead atoms. The van der Waals surface area contributed by atoms with Crippen LogP contribution < -0.4 is 0 Å². The molecule has 0 aromatic heterocycles. The van der Waals surface area contributed by atoms with Crippen LogP contribution in [0.3, 0.4) is 0 Å². The lowest BCUT2D eigenvalue weighted by molar-refractivity contribution is 0.267. The van der Waals surface area contributed by atoms with Crippen molar-refractivity contribution in [3.63, 3.8) is 0 Å². The van der Waals surface area contributed by atoms with Gasteiger partial charge in [0.05, 0.1) is 11.4 Å². The molecule has 0 saturated carbocycles. The molecule has 0 spiro atoms. The highest BCUT2D eigenvalue weighted by molar-refractivity contribution is 5.47. The quantitative estimate of drug-likeness (QED) is 0.747. The van der Waals surface area contributed by atoms with Gasteiger partial charge in [-0.3, -0.25) is 0 Å². The van der Waals surface area contributed by atoms with E-state index in [4.69, 9.17) is 0 Å². The van der Waals surface area contributed by atoms with Crippen LogP contribution in [0, 0.1) is 0 Å². The highest BCUT2D eigenvalue weighted by Crippen LogP contribution is 2.22. The van der Waals surface area contributed by atoms with Crippen LogP contribution in [-0.4, -0.2) is 6.47 Å². The van der Waals surface area contributed by atoms with Gasteiger partial charge < -0.3 is 4.74 Å². The van der Waals surface area contributed by atoms with Gasteiger partial charge >= 0.3 is 6.47 Å². The van der Waals surface area contributed by atoms with Crippen LogP contribution in [0.1, 0.15) is 5.56 Å². The maximum Gasteiger partial charge on any atom is 0.417 e. The van der Waals surface area contributed by atoms with Crippen molar-refractivity contribution < 1.29 is 9.53 Å². The smallest absolute Gasteiger partial charge is 0.417 e. The molecule has 4 nitrogen and oxygen atoms in total. The molecule has 0 amide bonds. The van der Waals surface area contributed by atoms with Gasteiger partial charge in [0.15, 0.2) is 0 Å². The van der Waals surface area contributed by atoms with Gasteiger partial charge in [-0.2, -0.15) is 10.2 Å². The van der Waals surface area contributed by atoms with E-state index in [1.54, 1.807) is 0 Å². The minimum atomic E-state index is 0.146. The van der Waals surface area contributed by atoms with Gasteiger partial charge in [0, 0.05) is 5.56 Å². The summed E-state index contributed by atoms with van der Waals surface area (Å²) in [6.45, 7) is 1.54. The molecule has 1 radical (unpaired) electrons. The first kappa shape index (κ1) is 12.0. The van der Waals surface area contributed by atoms with E-state index in [9.17, 15) is 4.79 Å². The molecule has 0 aliphatic rings. The minimum absolute atomic E-state index is 0.146. The van der Waals surface area contributed by atoms with Crippen molar-refractivity contribution in [1.82, 2.24) is 0 Å². The molecule has 0 unspecified atom stereocenters. The fourth-order valence-corrected chi connectivity index (χ4v) is 1.44. The highest BCUT2D eigenvalue weighted by Gasteiger charge is 2.00. The van der Waals surface area contributed by atoms with Crippen LogP contribution in [0.4, 0.5) is 11.4 Å². The van der Waals surface area contributed by atoms with E-state index in [2.05, 4.69) is 15.0 Å². The van der Waals surface area contributed by atoms with Crippen LogP contribution >= 0.6 is 0 Å². The van der Waals surface area contributed by atoms with Crippen LogP contribution in [0.5, 0.6) is 0 Å². The fourth-order valence-electron chi connectivity index (χ4n) is 1.44. The molecule has 0 N–H and O–H groups in total. The Morgan fingerprint density at radius 3 is 2.44 bits per heavy atom. The van der Waals surface area contributed by atoms with Gasteiger partial charge in [-0.15, -0.1) is 0 Å². The number of azo groups is 1. The van der Waals surface area contributed by atoms with E-state index < -0.39 is 0 Å². The van der Waals surface area contributed by atoms with Crippen molar-refractivity contribution in [2.24, 2.45) is 10.2 Å². The van der Waals surface area contributed by atoms with Crippen LogP contribution in [0.25, 0.3) is 0 Å². The first-order valence-electron chi connectivity index (χ1n) is 5.44. The zero-order valence-electron chi connectivity index (χ0n) is 9.61. The molecule has 4 heteroatoms. The molecule has 2 aromatic carbocycles. The largest absolute Gasteiger partial charge is 0.452 e. The molecule has 2 aromatic rings. The summed E-state index contributed by atoms with van der Waals surface area (Å²) in [5, 5.41) is 8.26. The summed E-state index contributed by atoms with van der Waals surface area (Å²) in [7, 11) is 0. The average molecular weight is 239 g/mol. The van der Waals surface area contributed by atoms with E-state index in [1.807, 2.05) is 54.6 Å². The summed E-state index contributed by atoms with van der Waals surface area (Å²) in [5.74, 6) is 0. The standard InChI is InChI=1S/C14H11N2O2/c17-11-18-10-12-6-4-5-9-14(12)16-15-13-7-2-1-3-8-13/h1-9H,10H2/b16-15+. The molecule has 0 aliphatic carbocycles. The normalized spacial score (nSPS) is 10.4. The summed E-state index contributed by atoms with van der Waals surface area (Å²) in [5.41, 5.74) is 2.24. The second kappa shape index (κ2) is 6.30. The number of hydrogen-bond acceptors (Lipinski definition) is 4. The highest BCUT2D eigenvalue weighted by atomic mass is 16.5. The maximum absolute atomic E-state index is 10.1. The Kier molecular flexibility index (Phi) is 4.19. The van der Waals surface area contributed by atoms with Crippen LogP contribution in [0.2, 0.25) is 0 Å². The van der Waals surface area contributed by atoms with Crippen molar-refractivity contribution in [2.45, 2.75) is 6.61 Å². The Labute approximate surface area is 105 Å². The summed E-state index contributed by atoms with van der Waals surface area (Å²) in [6.07, 6.45) is 0. The molecule has 0 atom stereocenters. The van der Waals surface area contributed by atoms with E-state index in [-0.39, 0.29) is 6.61 Å². The number of ether oxygens (including phenoxy) is 1. The third-order valence-corrected chi connectivity index (χ3v) is 2.31. The van der Waals surface area contributed by atoms with Gasteiger partial charge in [0.1, 0.15) is 6.61 Å². The topological polar surface area (TPSA) is 51.0 Å². The first-order chi connectivity index (χ1) is 8.90. The summed E-state index contributed by atoms with van der Waals surface area (Å²) < 4.78 is 4.61. The number of nitrogens with zero attached hydrogens (tertiary/aromatic N) is 2. The third-order valence-electron chi connectivity index (χ3n) is 2.31. The Balaban J connectivity index is 2.18. The molecule has 0 heterocycles. The van der Waals surface area contributed by atoms with E-state index in [0.717, 1.165) is 11.3 Å². The Morgan fingerprint density at radius 1 is 0.944 bits per heavy atom. The van der Waals surface area contributed by atoms with Crippen molar-refractivity contribution in [2.75, 3.05) is 0 Å². The van der Waals surface area contributed by atoms with E-state index >= 15 is 0 Å². The predicted octanol–water partition coefficient (Wildman–Crippen LogP) is 3.69. The van der Waals surface area contributed by atoms with Crippen LogP contribution in [-0.2, 0) is 16.1 Å². The Bertz CT molecular complexity index is 539. The lowest BCUT2D eigenvalue weighted by Crippen LogP contribution is -1.89. The average Bonchev–Trinajstić information content (AvgIpc) is 2.45. The molecular formula is C14H11N2O2. The number of rotatable bonds is 5. The molecule has 18 heavy (non-hydrogen) atoms. The predicted molar refractivity (Wildman–Crippen MR) is 67.5 cm³/mol. The van der Waals surface area contributed by atoms with E-state index in [0.29, 0.717) is 5.69 Å². The molecule has 2 rings (SSSR count). The van der Waals surface area contributed by atoms with Crippen molar-refractivity contribution in [3.8, 4) is 0 Å². The number of carbonyl (C=O) groups excluding carboxylic acids is 1. The molecular weight excluding hydrogens is 228 g/mol. The minimum Gasteiger partial charge on any atom is -0.452 e. The first-order valence-corrected chi connectivity index (χ1v) is 5.44. The van der Waals surface area contributed by atoms with Gasteiger partial charge in [0.2, 0.25) is 0 Å². The molecule has 89 valence electrons. The number of benzene rings is 2. The lowest BCUT2D eigenvalue weighted by atomic mass is 10.2. The van der Waals surface area contributed by atoms with Crippen molar-refractivity contribution in [1.29, 1.82) is 0 Å². The van der Waals surface area contributed by atoms with Crippen LogP contribution in [0.15, 0.2) is 64.8 Å². The summed E-state index contributed by atoms with van der Waals surface area (Å²) in [4.78, 5) is 10.1. The number of hydrogen-bond donors (Lipinski definition) is 0. The molecule has 0 aliphatic heterocycles. The molecule has 0 saturated heterocycles. The second-order valence-corrected chi connectivity index (χ2v) is 3.54. The van der Waals surface area contributed by atoms with Gasteiger partial charge in [0.25, 0.3) is 0 Å². The van der Waals surface area contributed by atoms with Gasteiger partial charge in [-0.25, -0.2) is 4.79 Å². The zero-order chi connectivity index (χ0) is 12.6. The maximum atomic E-state index is 10.1. The Hall–Kier alpha value is -2.49. The van der Waals surface area contributed by atoms with Crippen molar-refractivity contribution in [3.05, 3.63) is 60.2 Å². The Morgan fingerprint density at radius 2 is 1.67 bits per heavy atom. The zero-order valence-corrected chi connectivity index (χ0v) is 9.61. The second-order valence-electron chi connectivity index (χ2n) is 3.54. The van der Waals surface area contributed by atoms with E-state index in [1.165, 1.54) is 6.47 Å². The van der Waals surface area contributed by atoms with Gasteiger partial charge in [-0.1, -0.05) is 36.4 Å². The van der Waals surface area contributed by atoms with Gasteiger partial charge in [-0.05, 0) is 18.2 Å². The fraction of sp³-hybridized carbons (Fsp3) is 0.0714. The third kappa shape index (κ3) is 3.25. The lowest BCUT2D eigenvalue weighted by Gasteiger charge is -2.02. The molecule has 0 fully saturated rings. The van der Waals surface area contributed by atoms with Crippen molar-refractivity contribution >= 4 is 17.8 Å².